The van der Waals surface area contributed by atoms with E-state index in [1.54, 1.807) is 42.5 Å². The average molecular weight is 396 g/mol. The van der Waals surface area contributed by atoms with E-state index in [9.17, 15) is 9.59 Å². The van der Waals surface area contributed by atoms with Crippen molar-refractivity contribution in [3.05, 3.63) is 70.6 Å². The number of fused-ring (bicyclic) bond motifs is 1. The number of anilines is 1. The van der Waals surface area contributed by atoms with E-state index >= 15 is 0 Å². The Morgan fingerprint density at radius 2 is 2.00 bits per heavy atom. The number of rotatable bonds is 6. The Morgan fingerprint density at radius 3 is 2.82 bits per heavy atom. The lowest BCUT2D eigenvalue weighted by Gasteiger charge is -2.11. The maximum atomic E-state index is 12.4. The second-order valence-corrected chi connectivity index (χ2v) is 6.55. The number of carbonyl (C=O) groups excluding carboxylic acids is 1. The van der Waals surface area contributed by atoms with Crippen molar-refractivity contribution in [1.82, 2.24) is 5.32 Å². The lowest BCUT2D eigenvalue weighted by Crippen LogP contribution is -2.34. The molecule has 3 aromatic rings. The number of nitrogens with one attached hydrogen (secondary N) is 2. The van der Waals surface area contributed by atoms with Gasteiger partial charge in [0.15, 0.2) is 5.11 Å². The third-order valence-corrected chi connectivity index (χ3v) is 4.17. The molecule has 0 spiro atoms. The predicted molar refractivity (Wildman–Crippen MR) is 113 cm³/mol. The van der Waals surface area contributed by atoms with Gasteiger partial charge in [-0.3, -0.25) is 10.1 Å². The first kappa shape index (κ1) is 19.6. The fourth-order valence-electron chi connectivity index (χ4n) is 2.55. The average Bonchev–Trinajstić information content (AvgIpc) is 2.68. The first-order chi connectivity index (χ1) is 13.5. The minimum absolute atomic E-state index is 0.166. The molecule has 3 rings (SSSR count). The molecule has 0 atom stereocenters. The lowest BCUT2D eigenvalue weighted by atomic mass is 10.2. The summed E-state index contributed by atoms with van der Waals surface area (Å²) in [6.45, 7) is 2.70. The van der Waals surface area contributed by atoms with Gasteiger partial charge in [-0.05, 0) is 61.1 Å². The molecule has 1 heterocycles. The van der Waals surface area contributed by atoms with E-state index in [0.717, 1.165) is 18.2 Å². The molecule has 0 aliphatic rings. The quantitative estimate of drug-likeness (QED) is 0.371. The predicted octanol–water partition coefficient (Wildman–Crippen LogP) is 4.10. The monoisotopic (exact) mass is 396 g/mol. The summed E-state index contributed by atoms with van der Waals surface area (Å²) in [5, 5.41) is 6.51. The van der Waals surface area contributed by atoms with Crippen molar-refractivity contribution in [3.8, 4) is 5.75 Å². The van der Waals surface area contributed by atoms with E-state index < -0.39 is 5.63 Å². The van der Waals surface area contributed by atoms with Crippen LogP contribution >= 0.6 is 12.2 Å². The van der Waals surface area contributed by atoms with Crippen LogP contribution in [0, 0.1) is 0 Å². The molecule has 7 heteroatoms. The molecule has 1 amide bonds. The summed E-state index contributed by atoms with van der Waals surface area (Å²) in [4.78, 5) is 23.7. The maximum absolute atomic E-state index is 12.4. The van der Waals surface area contributed by atoms with Crippen molar-refractivity contribution in [2.45, 2.75) is 19.8 Å². The highest BCUT2D eigenvalue weighted by atomic mass is 32.1. The highest BCUT2D eigenvalue weighted by Crippen LogP contribution is 2.18. The fraction of sp³-hybridized carbons (Fsp3) is 0.190. The molecule has 2 N–H and O–H groups in total. The van der Waals surface area contributed by atoms with Crippen molar-refractivity contribution >= 4 is 39.9 Å². The van der Waals surface area contributed by atoms with Gasteiger partial charge >= 0.3 is 5.63 Å². The van der Waals surface area contributed by atoms with Gasteiger partial charge in [-0.15, -0.1) is 0 Å². The van der Waals surface area contributed by atoms with Gasteiger partial charge in [0.2, 0.25) is 0 Å². The van der Waals surface area contributed by atoms with Crippen molar-refractivity contribution in [2.75, 3.05) is 11.9 Å². The van der Waals surface area contributed by atoms with E-state index in [0.29, 0.717) is 29.2 Å². The zero-order chi connectivity index (χ0) is 19.9. The maximum Gasteiger partial charge on any atom is 0.336 e. The Morgan fingerprint density at radius 1 is 1.14 bits per heavy atom. The first-order valence-corrected chi connectivity index (χ1v) is 9.35. The molecule has 0 radical (unpaired) electrons. The van der Waals surface area contributed by atoms with Crippen LogP contribution in [0.1, 0.15) is 30.1 Å². The van der Waals surface area contributed by atoms with Gasteiger partial charge in [0.1, 0.15) is 11.3 Å². The first-order valence-electron chi connectivity index (χ1n) is 8.94. The molecule has 2 aromatic carbocycles. The Hall–Kier alpha value is -3.19. The number of thiocarbonyl (C=S) groups is 1. The van der Waals surface area contributed by atoms with E-state index in [1.807, 2.05) is 6.07 Å². The Bertz CT molecular complexity index is 1060. The summed E-state index contributed by atoms with van der Waals surface area (Å²) in [5.41, 5.74) is 1.20. The largest absolute Gasteiger partial charge is 0.494 e. The Labute approximate surface area is 167 Å². The molecule has 0 unspecified atom stereocenters. The van der Waals surface area contributed by atoms with E-state index in [1.165, 1.54) is 6.07 Å². The number of hydrogen-bond acceptors (Lipinski definition) is 5. The minimum Gasteiger partial charge on any atom is -0.494 e. The molecule has 0 bridgehead atoms. The lowest BCUT2D eigenvalue weighted by molar-refractivity contribution is 0.0977. The number of benzene rings is 2. The third kappa shape index (κ3) is 5.17. The number of unbranched alkanes of at least 4 members (excludes halogenated alkanes) is 1. The van der Waals surface area contributed by atoms with E-state index in [4.69, 9.17) is 21.4 Å². The van der Waals surface area contributed by atoms with Crippen LogP contribution in [0.15, 0.2) is 63.8 Å². The van der Waals surface area contributed by atoms with Gasteiger partial charge in [0.05, 0.1) is 6.61 Å². The van der Waals surface area contributed by atoms with Gasteiger partial charge in [0.25, 0.3) is 5.91 Å². The van der Waals surface area contributed by atoms with Gasteiger partial charge in [-0.2, -0.15) is 0 Å². The summed E-state index contributed by atoms with van der Waals surface area (Å²) in [6, 6.07) is 15.1. The summed E-state index contributed by atoms with van der Waals surface area (Å²) >= 11 is 5.23. The molecule has 0 saturated heterocycles. The van der Waals surface area contributed by atoms with Gasteiger partial charge in [0, 0.05) is 22.7 Å². The molecular weight excluding hydrogens is 376 g/mol. The molecule has 6 nitrogen and oxygen atoms in total. The molecular formula is C21H20N2O4S. The molecule has 0 saturated carbocycles. The normalized spacial score (nSPS) is 10.5. The van der Waals surface area contributed by atoms with Crippen LogP contribution < -0.4 is 21.0 Å². The molecule has 0 fully saturated rings. The zero-order valence-corrected chi connectivity index (χ0v) is 16.2. The van der Waals surface area contributed by atoms with Gasteiger partial charge in [-0.25, -0.2) is 4.79 Å². The number of amides is 1. The molecule has 0 aliphatic carbocycles. The van der Waals surface area contributed by atoms with Crippen LogP contribution in [0.5, 0.6) is 5.75 Å². The zero-order valence-electron chi connectivity index (χ0n) is 15.4. The summed E-state index contributed by atoms with van der Waals surface area (Å²) in [7, 11) is 0. The summed E-state index contributed by atoms with van der Waals surface area (Å²) in [5.74, 6) is 0.321. The summed E-state index contributed by atoms with van der Waals surface area (Å²) < 4.78 is 10.7. The minimum atomic E-state index is -0.406. The van der Waals surface area contributed by atoms with Crippen LogP contribution in [0.25, 0.3) is 11.0 Å². The van der Waals surface area contributed by atoms with E-state index in [-0.39, 0.29) is 11.0 Å². The van der Waals surface area contributed by atoms with Crippen LogP contribution in [-0.2, 0) is 0 Å². The molecule has 28 heavy (non-hydrogen) atoms. The number of carbonyl (C=O) groups is 1. The number of hydrogen-bond donors (Lipinski definition) is 2. The summed E-state index contributed by atoms with van der Waals surface area (Å²) in [6.07, 6.45) is 2.00. The number of ether oxygens (including phenoxy) is 1. The van der Waals surface area contributed by atoms with Crippen molar-refractivity contribution in [3.63, 3.8) is 0 Å². The second kappa shape index (κ2) is 9.14. The Kier molecular flexibility index (Phi) is 6.39. The smallest absolute Gasteiger partial charge is 0.336 e. The topological polar surface area (TPSA) is 80.6 Å². The molecule has 0 aliphatic heterocycles. The van der Waals surface area contributed by atoms with E-state index in [2.05, 4.69) is 17.6 Å². The standard InChI is InChI=1S/C21H20N2O4S/c1-2-3-11-26-17-6-4-5-15(13-17)20(25)23-21(28)22-16-8-9-18-14(12-16)7-10-19(24)27-18/h4-10,12-13H,2-3,11H2,1H3,(H2,22,23,25,28). The van der Waals surface area contributed by atoms with Gasteiger partial charge < -0.3 is 14.5 Å². The highest BCUT2D eigenvalue weighted by molar-refractivity contribution is 7.80. The second-order valence-electron chi connectivity index (χ2n) is 6.15. The fourth-order valence-corrected chi connectivity index (χ4v) is 2.76. The van der Waals surface area contributed by atoms with Crippen LogP contribution in [0.4, 0.5) is 5.69 Å². The molecule has 1 aromatic heterocycles. The third-order valence-electron chi connectivity index (χ3n) is 3.97. The van der Waals surface area contributed by atoms with Crippen molar-refractivity contribution < 1.29 is 13.9 Å². The van der Waals surface area contributed by atoms with Crippen LogP contribution in [0.2, 0.25) is 0 Å². The van der Waals surface area contributed by atoms with Crippen LogP contribution in [0.3, 0.4) is 0 Å². The molecule has 144 valence electrons. The highest BCUT2D eigenvalue weighted by Gasteiger charge is 2.10. The van der Waals surface area contributed by atoms with Crippen molar-refractivity contribution in [2.24, 2.45) is 0 Å². The Balaban J connectivity index is 1.63. The SMILES string of the molecule is CCCCOc1cccc(C(=O)NC(=S)Nc2ccc3oc(=O)ccc3c2)c1. The van der Waals surface area contributed by atoms with Gasteiger partial charge in [-0.1, -0.05) is 19.4 Å². The van der Waals surface area contributed by atoms with Crippen molar-refractivity contribution in [1.29, 1.82) is 0 Å². The van der Waals surface area contributed by atoms with Crippen LogP contribution in [-0.4, -0.2) is 17.6 Å².